The molecular weight excluding hydrogens is 428 g/mol. The summed E-state index contributed by atoms with van der Waals surface area (Å²) in [4.78, 5) is 22.6. The molecule has 29 heavy (non-hydrogen) atoms. The summed E-state index contributed by atoms with van der Waals surface area (Å²) in [5.74, 6) is 0.708. The third-order valence-corrected chi connectivity index (χ3v) is 7.92. The van der Waals surface area contributed by atoms with Crippen molar-refractivity contribution >= 4 is 43.3 Å². The van der Waals surface area contributed by atoms with E-state index in [0.717, 1.165) is 53.9 Å². The van der Waals surface area contributed by atoms with E-state index in [0.29, 0.717) is 25.3 Å². The molecule has 3 rings (SSSR count). The molecule has 2 aromatic heterocycles. The summed E-state index contributed by atoms with van der Waals surface area (Å²) in [6, 6.07) is 0. The first-order valence-corrected chi connectivity index (χ1v) is 13.7. The van der Waals surface area contributed by atoms with Crippen LogP contribution < -0.4 is 10.3 Å². The van der Waals surface area contributed by atoms with Gasteiger partial charge in [0.15, 0.2) is 5.16 Å². The summed E-state index contributed by atoms with van der Waals surface area (Å²) in [6.45, 7) is 1.95. The van der Waals surface area contributed by atoms with Gasteiger partial charge in [-0.1, -0.05) is 11.8 Å². The van der Waals surface area contributed by atoms with Gasteiger partial charge in [-0.2, -0.15) is 0 Å². The van der Waals surface area contributed by atoms with Crippen LogP contribution in [-0.2, 0) is 29.4 Å². The highest BCUT2D eigenvalue weighted by molar-refractivity contribution is 7.99. The fourth-order valence-corrected chi connectivity index (χ4v) is 6.35. The fourth-order valence-electron chi connectivity index (χ4n) is 3.57. The van der Waals surface area contributed by atoms with Crippen LogP contribution in [0.2, 0.25) is 0 Å². The maximum Gasteiger partial charge on any atom is 0.263 e. The second-order valence-corrected chi connectivity index (χ2v) is 11.7. The molecule has 0 atom stereocenters. The zero-order valence-electron chi connectivity index (χ0n) is 17.4. The molecule has 0 spiro atoms. The number of fused-ring (bicyclic) bond motifs is 3. The molecule has 0 unspecified atom stereocenters. The average molecular weight is 459 g/mol. The van der Waals surface area contributed by atoms with E-state index in [9.17, 15) is 13.2 Å². The normalized spacial score (nSPS) is 14.6. The van der Waals surface area contributed by atoms with Gasteiger partial charge in [0.2, 0.25) is 10.0 Å². The molecule has 2 heterocycles. The maximum atomic E-state index is 13.4. The Balaban J connectivity index is 1.84. The zero-order valence-corrected chi connectivity index (χ0v) is 19.8. The van der Waals surface area contributed by atoms with Gasteiger partial charge in [0, 0.05) is 23.7 Å². The lowest BCUT2D eigenvalue weighted by molar-refractivity contribution is 0.379. The summed E-state index contributed by atoms with van der Waals surface area (Å²) in [5.41, 5.74) is 1.31. The average Bonchev–Trinajstić information content (AvgIpc) is 3.01. The highest BCUT2D eigenvalue weighted by atomic mass is 32.2. The molecule has 0 bridgehead atoms. The Hall–Kier alpha value is -0.940. The van der Waals surface area contributed by atoms with Gasteiger partial charge >= 0.3 is 0 Å². The van der Waals surface area contributed by atoms with E-state index in [1.54, 1.807) is 23.1 Å². The van der Waals surface area contributed by atoms with Crippen molar-refractivity contribution in [1.29, 1.82) is 0 Å². The molecule has 1 N–H and O–H groups in total. The Morgan fingerprint density at radius 1 is 1.24 bits per heavy atom. The molecule has 10 heteroatoms. The highest BCUT2D eigenvalue weighted by Crippen LogP contribution is 2.34. The van der Waals surface area contributed by atoms with E-state index in [-0.39, 0.29) is 5.56 Å². The molecule has 162 valence electrons. The number of thioether (sulfide) groups is 1. The van der Waals surface area contributed by atoms with E-state index in [1.165, 1.54) is 16.9 Å². The van der Waals surface area contributed by atoms with Crippen LogP contribution in [0.15, 0.2) is 9.95 Å². The number of sulfonamides is 1. The number of hydrogen-bond acceptors (Lipinski definition) is 7. The van der Waals surface area contributed by atoms with Crippen molar-refractivity contribution in [2.24, 2.45) is 0 Å². The van der Waals surface area contributed by atoms with Crippen molar-refractivity contribution in [2.75, 3.05) is 39.2 Å². The van der Waals surface area contributed by atoms with Crippen LogP contribution in [0, 0.1) is 0 Å². The van der Waals surface area contributed by atoms with Crippen LogP contribution in [0.4, 0.5) is 0 Å². The summed E-state index contributed by atoms with van der Waals surface area (Å²) in [6.07, 6.45) is 7.09. The molecule has 2 aromatic rings. The number of rotatable bonds is 10. The molecule has 0 fully saturated rings. The molecule has 0 saturated heterocycles. The molecule has 0 saturated carbocycles. The molecule has 0 radical (unpaired) electrons. The molecule has 1 aliphatic carbocycles. The first kappa shape index (κ1) is 22.7. The minimum atomic E-state index is -3.17. The monoisotopic (exact) mass is 458 g/mol. The van der Waals surface area contributed by atoms with Crippen LogP contribution in [0.5, 0.6) is 0 Å². The van der Waals surface area contributed by atoms with Crippen molar-refractivity contribution in [3.63, 3.8) is 0 Å². The Bertz CT molecular complexity index is 1010. The van der Waals surface area contributed by atoms with Gasteiger partial charge in [-0.15, -0.1) is 11.3 Å². The first-order valence-electron chi connectivity index (χ1n) is 10.0. The standard InChI is InChI=1S/C19H30N4O3S3/c1-22(2)11-7-12-23-18(24)16-14-8-4-5-9-15(14)28-17(16)21-19(23)27-13-6-10-20-29(3,25)26/h20H,4-13H2,1-3H3. The zero-order chi connectivity index (χ0) is 21.0. The van der Waals surface area contributed by atoms with Gasteiger partial charge in [0.1, 0.15) is 4.83 Å². The predicted octanol–water partition coefficient (Wildman–Crippen LogP) is 2.32. The van der Waals surface area contributed by atoms with Crippen molar-refractivity contribution in [3.05, 3.63) is 20.8 Å². The second kappa shape index (κ2) is 9.91. The van der Waals surface area contributed by atoms with Crippen LogP contribution >= 0.6 is 23.1 Å². The minimum absolute atomic E-state index is 0.0879. The maximum absolute atomic E-state index is 13.4. The molecule has 1 aliphatic rings. The van der Waals surface area contributed by atoms with Crippen LogP contribution in [0.3, 0.4) is 0 Å². The molecule has 7 nitrogen and oxygen atoms in total. The lowest BCUT2D eigenvalue weighted by Gasteiger charge is -2.15. The van der Waals surface area contributed by atoms with Gasteiger partial charge in [0.05, 0.1) is 11.6 Å². The number of aryl methyl sites for hydroxylation is 2. The van der Waals surface area contributed by atoms with E-state index < -0.39 is 10.0 Å². The van der Waals surface area contributed by atoms with Gasteiger partial charge < -0.3 is 4.90 Å². The second-order valence-electron chi connectivity index (χ2n) is 7.77. The number of nitrogens with one attached hydrogen (secondary N) is 1. The number of aromatic nitrogens is 2. The molecule has 0 aliphatic heterocycles. The van der Waals surface area contributed by atoms with Crippen LogP contribution in [0.25, 0.3) is 10.2 Å². The van der Waals surface area contributed by atoms with Crippen molar-refractivity contribution in [3.8, 4) is 0 Å². The summed E-state index contributed by atoms with van der Waals surface area (Å²) < 4.78 is 26.7. The van der Waals surface area contributed by atoms with Gasteiger partial charge in [0.25, 0.3) is 5.56 Å². The third kappa shape index (κ3) is 6.04. The van der Waals surface area contributed by atoms with Crippen molar-refractivity contribution < 1.29 is 8.42 Å². The quantitative estimate of drug-likeness (QED) is 0.334. The summed E-state index contributed by atoms with van der Waals surface area (Å²) in [7, 11) is 0.895. The summed E-state index contributed by atoms with van der Waals surface area (Å²) >= 11 is 3.22. The van der Waals surface area contributed by atoms with Gasteiger partial charge in [-0.05, 0) is 64.7 Å². The predicted molar refractivity (Wildman–Crippen MR) is 122 cm³/mol. The largest absolute Gasteiger partial charge is 0.309 e. The first-order chi connectivity index (χ1) is 13.8. The van der Waals surface area contributed by atoms with E-state index in [4.69, 9.17) is 4.98 Å². The number of hydrogen-bond donors (Lipinski definition) is 1. The number of thiophene rings is 1. The van der Waals surface area contributed by atoms with Crippen molar-refractivity contribution in [2.45, 2.75) is 50.2 Å². The minimum Gasteiger partial charge on any atom is -0.309 e. The smallest absolute Gasteiger partial charge is 0.263 e. The van der Waals surface area contributed by atoms with Gasteiger partial charge in [-0.3, -0.25) is 9.36 Å². The molecular formula is C19H30N4O3S3. The number of nitrogens with zero attached hydrogens (tertiary/aromatic N) is 3. The van der Waals surface area contributed by atoms with Crippen LogP contribution in [0.1, 0.15) is 36.1 Å². The van der Waals surface area contributed by atoms with Gasteiger partial charge in [-0.25, -0.2) is 18.1 Å². The van der Waals surface area contributed by atoms with E-state index in [2.05, 4.69) is 9.62 Å². The fraction of sp³-hybridized carbons (Fsp3) is 0.684. The Kier molecular flexibility index (Phi) is 7.77. The molecule has 0 amide bonds. The Morgan fingerprint density at radius 3 is 2.72 bits per heavy atom. The Morgan fingerprint density at radius 2 is 2.00 bits per heavy atom. The summed E-state index contributed by atoms with van der Waals surface area (Å²) in [5, 5.41) is 1.58. The van der Waals surface area contributed by atoms with Crippen LogP contribution in [-0.4, -0.2) is 62.1 Å². The molecule has 0 aromatic carbocycles. The van der Waals surface area contributed by atoms with E-state index in [1.807, 2.05) is 18.7 Å². The van der Waals surface area contributed by atoms with Crippen molar-refractivity contribution in [1.82, 2.24) is 19.2 Å². The lowest BCUT2D eigenvalue weighted by atomic mass is 9.97. The van der Waals surface area contributed by atoms with E-state index >= 15 is 0 Å². The highest BCUT2D eigenvalue weighted by Gasteiger charge is 2.22. The Labute approximate surface area is 180 Å². The topological polar surface area (TPSA) is 84.3 Å². The lowest BCUT2D eigenvalue weighted by Crippen LogP contribution is -2.26. The third-order valence-electron chi connectivity index (χ3n) is 4.94. The SMILES string of the molecule is CN(C)CCCn1c(SCCCNS(C)(=O)=O)nc2sc3c(c2c1=O)CCCC3.